The summed E-state index contributed by atoms with van der Waals surface area (Å²) in [4.78, 5) is 23.4. The molecule has 0 saturated heterocycles. The molecule has 2 bridgehead atoms. The van der Waals surface area contributed by atoms with Gasteiger partial charge in [0.15, 0.2) is 0 Å². The topological polar surface area (TPSA) is 92.4 Å². The number of fused-ring (bicyclic) bond motifs is 2. The summed E-state index contributed by atoms with van der Waals surface area (Å²) >= 11 is 0. The first-order valence-electron chi connectivity index (χ1n) is 7.29. The molecule has 19 heavy (non-hydrogen) atoms. The second-order valence-electron chi connectivity index (χ2n) is 6.00. The molecule has 5 atom stereocenters. The van der Waals surface area contributed by atoms with Crippen molar-refractivity contribution in [2.45, 2.75) is 45.1 Å². The molecule has 2 fully saturated rings. The van der Waals surface area contributed by atoms with Gasteiger partial charge in [-0.25, -0.2) is 0 Å². The Morgan fingerprint density at radius 3 is 2.63 bits per heavy atom. The SMILES string of the molecule is CCC(CN)CC(=O)NC1C2CCC(C2)C1C(=O)O. The third kappa shape index (κ3) is 2.91. The van der Waals surface area contributed by atoms with Gasteiger partial charge in [-0.3, -0.25) is 9.59 Å². The van der Waals surface area contributed by atoms with Gasteiger partial charge in [0.05, 0.1) is 5.92 Å². The lowest BCUT2D eigenvalue weighted by molar-refractivity contribution is -0.144. The van der Waals surface area contributed by atoms with Gasteiger partial charge in [-0.15, -0.1) is 0 Å². The van der Waals surface area contributed by atoms with Crippen LogP contribution in [0.15, 0.2) is 0 Å². The summed E-state index contributed by atoms with van der Waals surface area (Å²) in [7, 11) is 0. The van der Waals surface area contributed by atoms with Gasteiger partial charge >= 0.3 is 5.97 Å². The first kappa shape index (κ1) is 14.3. The van der Waals surface area contributed by atoms with E-state index in [2.05, 4.69) is 5.32 Å². The highest BCUT2D eigenvalue weighted by molar-refractivity contribution is 5.79. The number of hydrogen-bond donors (Lipinski definition) is 3. The maximum atomic E-state index is 12.0. The zero-order chi connectivity index (χ0) is 14.0. The third-order valence-electron chi connectivity index (χ3n) is 4.91. The van der Waals surface area contributed by atoms with Crippen molar-refractivity contribution < 1.29 is 14.7 Å². The molecule has 2 aliphatic carbocycles. The summed E-state index contributed by atoms with van der Waals surface area (Å²) in [5, 5.41) is 12.3. The largest absolute Gasteiger partial charge is 0.481 e. The number of carboxylic acid groups (broad SMARTS) is 1. The molecule has 5 heteroatoms. The second kappa shape index (κ2) is 5.90. The Kier molecular flexibility index (Phi) is 4.45. The number of aliphatic carboxylic acids is 1. The molecule has 0 aromatic heterocycles. The minimum absolute atomic E-state index is 0.0406. The number of nitrogens with one attached hydrogen (secondary N) is 1. The second-order valence-corrected chi connectivity index (χ2v) is 6.00. The van der Waals surface area contributed by atoms with E-state index >= 15 is 0 Å². The Bertz CT molecular complexity index is 355. The van der Waals surface area contributed by atoms with E-state index in [1.807, 2.05) is 6.92 Å². The normalized spacial score (nSPS) is 34.2. The fraction of sp³-hybridized carbons (Fsp3) is 0.857. The Labute approximate surface area is 113 Å². The number of carboxylic acids is 1. The average Bonchev–Trinajstić information content (AvgIpc) is 2.96. The number of nitrogens with two attached hydrogens (primary N) is 1. The first-order valence-corrected chi connectivity index (χ1v) is 7.29. The molecule has 2 aliphatic rings. The third-order valence-corrected chi connectivity index (χ3v) is 4.91. The summed E-state index contributed by atoms with van der Waals surface area (Å²) in [6.07, 6.45) is 4.29. The van der Waals surface area contributed by atoms with E-state index in [4.69, 9.17) is 5.73 Å². The summed E-state index contributed by atoms with van der Waals surface area (Å²) in [6.45, 7) is 2.52. The molecule has 108 valence electrons. The van der Waals surface area contributed by atoms with E-state index < -0.39 is 5.97 Å². The number of hydrogen-bond acceptors (Lipinski definition) is 3. The van der Waals surface area contributed by atoms with E-state index in [-0.39, 0.29) is 29.7 Å². The summed E-state index contributed by atoms with van der Waals surface area (Å²) in [6, 6.07) is -0.168. The Morgan fingerprint density at radius 2 is 2.05 bits per heavy atom. The van der Waals surface area contributed by atoms with Crippen molar-refractivity contribution in [3.05, 3.63) is 0 Å². The minimum Gasteiger partial charge on any atom is -0.481 e. The lowest BCUT2D eigenvalue weighted by Crippen LogP contribution is -2.47. The van der Waals surface area contributed by atoms with E-state index in [1.54, 1.807) is 0 Å². The van der Waals surface area contributed by atoms with Crippen LogP contribution in [0.3, 0.4) is 0 Å². The van der Waals surface area contributed by atoms with Crippen LogP contribution in [0.4, 0.5) is 0 Å². The fourth-order valence-corrected chi connectivity index (χ4v) is 3.76. The van der Waals surface area contributed by atoms with Crippen LogP contribution in [0.25, 0.3) is 0 Å². The summed E-state index contributed by atoms with van der Waals surface area (Å²) < 4.78 is 0. The number of carbonyl (C=O) groups is 2. The zero-order valence-electron chi connectivity index (χ0n) is 11.5. The molecule has 0 aromatic rings. The van der Waals surface area contributed by atoms with Gasteiger partial charge in [-0.2, -0.15) is 0 Å². The van der Waals surface area contributed by atoms with Crippen molar-refractivity contribution >= 4 is 11.9 Å². The first-order chi connectivity index (χ1) is 9.06. The lowest BCUT2D eigenvalue weighted by Gasteiger charge is -2.29. The maximum absolute atomic E-state index is 12.0. The molecule has 5 nitrogen and oxygen atoms in total. The molecule has 0 aliphatic heterocycles. The van der Waals surface area contributed by atoms with Crippen LogP contribution in [-0.4, -0.2) is 29.6 Å². The molecule has 1 amide bonds. The zero-order valence-corrected chi connectivity index (χ0v) is 11.5. The number of carbonyl (C=O) groups excluding carboxylic acids is 1. The Morgan fingerprint density at radius 1 is 1.37 bits per heavy atom. The molecule has 4 N–H and O–H groups in total. The molecule has 0 radical (unpaired) electrons. The Hall–Kier alpha value is -1.10. The van der Waals surface area contributed by atoms with Gasteiger partial charge in [0.25, 0.3) is 0 Å². The quantitative estimate of drug-likeness (QED) is 0.669. The van der Waals surface area contributed by atoms with Gasteiger partial charge in [0.2, 0.25) is 5.91 Å². The van der Waals surface area contributed by atoms with E-state index in [0.717, 1.165) is 25.7 Å². The molecule has 0 heterocycles. The van der Waals surface area contributed by atoms with E-state index in [0.29, 0.717) is 18.9 Å². The van der Waals surface area contributed by atoms with Gasteiger partial charge in [0.1, 0.15) is 0 Å². The van der Waals surface area contributed by atoms with Crippen LogP contribution >= 0.6 is 0 Å². The van der Waals surface area contributed by atoms with Crippen molar-refractivity contribution in [1.29, 1.82) is 0 Å². The van der Waals surface area contributed by atoms with Crippen molar-refractivity contribution in [1.82, 2.24) is 5.32 Å². The Balaban J connectivity index is 1.94. The molecular formula is C14H24N2O3. The molecule has 2 saturated carbocycles. The summed E-state index contributed by atoms with van der Waals surface area (Å²) in [5.74, 6) is -0.385. The molecule has 5 unspecified atom stereocenters. The van der Waals surface area contributed by atoms with Crippen LogP contribution < -0.4 is 11.1 Å². The van der Waals surface area contributed by atoms with E-state index in [1.165, 1.54) is 0 Å². The van der Waals surface area contributed by atoms with Crippen LogP contribution in [-0.2, 0) is 9.59 Å². The standard InChI is InChI=1S/C14H24N2O3/c1-2-8(7-15)5-11(17)16-13-10-4-3-9(6-10)12(13)14(18)19/h8-10,12-13H,2-7,15H2,1H3,(H,16,17)(H,18,19). The van der Waals surface area contributed by atoms with Crippen molar-refractivity contribution in [2.75, 3.05) is 6.54 Å². The van der Waals surface area contributed by atoms with Crippen molar-refractivity contribution in [3.8, 4) is 0 Å². The average molecular weight is 268 g/mol. The molecule has 0 spiro atoms. The monoisotopic (exact) mass is 268 g/mol. The highest BCUT2D eigenvalue weighted by atomic mass is 16.4. The van der Waals surface area contributed by atoms with Crippen LogP contribution in [0, 0.1) is 23.7 Å². The fourth-order valence-electron chi connectivity index (χ4n) is 3.76. The molecular weight excluding hydrogens is 244 g/mol. The maximum Gasteiger partial charge on any atom is 0.308 e. The number of amides is 1. The van der Waals surface area contributed by atoms with Crippen LogP contribution in [0.2, 0.25) is 0 Å². The van der Waals surface area contributed by atoms with Crippen molar-refractivity contribution in [2.24, 2.45) is 29.4 Å². The van der Waals surface area contributed by atoms with Crippen LogP contribution in [0.5, 0.6) is 0 Å². The van der Waals surface area contributed by atoms with Gasteiger partial charge in [-0.05, 0) is 43.6 Å². The predicted octanol–water partition coefficient (Wildman–Crippen LogP) is 0.977. The molecule has 0 aromatic carbocycles. The smallest absolute Gasteiger partial charge is 0.308 e. The predicted molar refractivity (Wildman–Crippen MR) is 71.3 cm³/mol. The highest BCUT2D eigenvalue weighted by Gasteiger charge is 2.51. The lowest BCUT2D eigenvalue weighted by atomic mass is 9.84. The highest BCUT2D eigenvalue weighted by Crippen LogP contribution is 2.48. The van der Waals surface area contributed by atoms with Crippen molar-refractivity contribution in [3.63, 3.8) is 0 Å². The summed E-state index contributed by atoms with van der Waals surface area (Å²) in [5.41, 5.74) is 5.60. The van der Waals surface area contributed by atoms with Gasteiger partial charge in [-0.1, -0.05) is 13.3 Å². The number of rotatable bonds is 6. The minimum atomic E-state index is -0.761. The van der Waals surface area contributed by atoms with Crippen LogP contribution in [0.1, 0.15) is 39.0 Å². The molecule has 2 rings (SSSR count). The van der Waals surface area contributed by atoms with Gasteiger partial charge < -0.3 is 16.2 Å². The van der Waals surface area contributed by atoms with Gasteiger partial charge in [0, 0.05) is 12.5 Å². The van der Waals surface area contributed by atoms with E-state index in [9.17, 15) is 14.7 Å².